The van der Waals surface area contributed by atoms with Gasteiger partial charge in [0.05, 0.1) is 6.10 Å². The second kappa shape index (κ2) is 5.58. The molecule has 0 N–H and O–H groups in total. The van der Waals surface area contributed by atoms with Gasteiger partial charge in [-0.3, -0.25) is 0 Å². The van der Waals surface area contributed by atoms with Gasteiger partial charge in [-0.05, 0) is 18.3 Å². The summed E-state index contributed by atoms with van der Waals surface area (Å²) in [5.74, 6) is 0. The second-order valence-corrected chi connectivity index (χ2v) is 4.34. The summed E-state index contributed by atoms with van der Waals surface area (Å²) >= 11 is 0. The summed E-state index contributed by atoms with van der Waals surface area (Å²) in [6.07, 6.45) is 4.82. The average Bonchev–Trinajstić information content (AvgIpc) is 1.95. The first kappa shape index (κ1) is 12.0. The smallest absolute Gasteiger partial charge is 0.0652 e. The van der Waals surface area contributed by atoms with Gasteiger partial charge >= 0.3 is 0 Å². The van der Waals surface area contributed by atoms with Crippen LogP contribution in [-0.4, -0.2) is 12.7 Å². The zero-order valence-electron chi connectivity index (χ0n) is 9.18. The van der Waals surface area contributed by atoms with E-state index in [1.165, 1.54) is 12.8 Å². The third-order valence-electron chi connectivity index (χ3n) is 1.95. The molecule has 1 unspecified atom stereocenters. The zero-order chi connectivity index (χ0) is 9.61. The first-order valence-corrected chi connectivity index (χ1v) is 4.93. The van der Waals surface area contributed by atoms with Gasteiger partial charge in [-0.15, -0.1) is 0 Å². The van der Waals surface area contributed by atoms with E-state index >= 15 is 0 Å². The Bertz CT molecular complexity index is 102. The number of ether oxygens (including phenoxy) is 1. The molecule has 12 heavy (non-hydrogen) atoms. The van der Waals surface area contributed by atoms with E-state index < -0.39 is 0 Å². The fraction of sp³-hybridized carbons (Fsp3) is 0.909. The van der Waals surface area contributed by atoms with Crippen molar-refractivity contribution >= 4 is 0 Å². The van der Waals surface area contributed by atoms with E-state index in [4.69, 9.17) is 4.74 Å². The molecule has 0 amide bonds. The fourth-order valence-electron chi connectivity index (χ4n) is 1.20. The number of hydrogen-bond donors (Lipinski definition) is 0. The molecule has 1 atom stereocenters. The minimum Gasteiger partial charge on any atom is -0.377 e. The molecule has 0 fully saturated rings. The van der Waals surface area contributed by atoms with Crippen LogP contribution < -0.4 is 0 Å². The van der Waals surface area contributed by atoms with Gasteiger partial charge < -0.3 is 4.74 Å². The number of hydrogen-bond acceptors (Lipinski definition) is 1. The highest BCUT2D eigenvalue weighted by molar-refractivity contribution is 4.83. The van der Waals surface area contributed by atoms with Gasteiger partial charge in [-0.1, -0.05) is 41.0 Å². The average molecular weight is 171 g/mol. The SMILES string of the molecule is C[CH]C(OCCCC)C(C)(C)C. The highest BCUT2D eigenvalue weighted by Gasteiger charge is 2.23. The summed E-state index contributed by atoms with van der Waals surface area (Å²) in [4.78, 5) is 0. The van der Waals surface area contributed by atoms with Crippen LogP contribution in [0.15, 0.2) is 0 Å². The first-order valence-electron chi connectivity index (χ1n) is 4.93. The summed E-state index contributed by atoms with van der Waals surface area (Å²) in [5.41, 5.74) is 0.239. The van der Waals surface area contributed by atoms with Crippen molar-refractivity contribution in [3.8, 4) is 0 Å². The molecule has 0 rings (SSSR count). The largest absolute Gasteiger partial charge is 0.377 e. The van der Waals surface area contributed by atoms with Gasteiger partial charge in [-0.25, -0.2) is 0 Å². The molecule has 1 heteroatoms. The Labute approximate surface area is 77.5 Å². The van der Waals surface area contributed by atoms with E-state index in [1.807, 2.05) is 0 Å². The summed E-state index contributed by atoms with van der Waals surface area (Å²) in [7, 11) is 0. The van der Waals surface area contributed by atoms with E-state index in [-0.39, 0.29) is 5.41 Å². The lowest BCUT2D eigenvalue weighted by Gasteiger charge is -2.29. The van der Waals surface area contributed by atoms with E-state index in [9.17, 15) is 0 Å². The standard InChI is InChI=1S/C11H23O/c1-6-8-9-12-10(7-2)11(3,4)5/h7,10H,6,8-9H2,1-5H3. The van der Waals surface area contributed by atoms with Crippen LogP contribution >= 0.6 is 0 Å². The Hall–Kier alpha value is -0.0400. The monoisotopic (exact) mass is 171 g/mol. The lowest BCUT2D eigenvalue weighted by atomic mass is 9.87. The van der Waals surface area contributed by atoms with Crippen LogP contribution in [0.25, 0.3) is 0 Å². The third-order valence-corrected chi connectivity index (χ3v) is 1.95. The van der Waals surface area contributed by atoms with Gasteiger partial charge in [0.2, 0.25) is 0 Å². The molecule has 0 aromatic heterocycles. The van der Waals surface area contributed by atoms with Crippen LogP contribution in [0.1, 0.15) is 47.5 Å². The van der Waals surface area contributed by atoms with Crippen molar-refractivity contribution in [2.75, 3.05) is 6.61 Å². The van der Waals surface area contributed by atoms with Gasteiger partial charge in [0.1, 0.15) is 0 Å². The molecule has 0 heterocycles. The molecule has 73 valence electrons. The lowest BCUT2D eigenvalue weighted by molar-refractivity contribution is 0.00338. The summed E-state index contributed by atoms with van der Waals surface area (Å²) in [6, 6.07) is 0. The first-order chi connectivity index (χ1) is 5.52. The molecule has 0 saturated carbocycles. The van der Waals surface area contributed by atoms with Crippen LogP contribution in [-0.2, 0) is 4.74 Å². The Morgan fingerprint density at radius 3 is 2.25 bits per heavy atom. The Balaban J connectivity index is 3.68. The molecular formula is C11H23O. The van der Waals surface area contributed by atoms with Crippen molar-refractivity contribution in [1.82, 2.24) is 0 Å². The molecule has 0 bridgehead atoms. The highest BCUT2D eigenvalue weighted by Crippen LogP contribution is 2.24. The maximum atomic E-state index is 5.74. The van der Waals surface area contributed by atoms with E-state index in [1.54, 1.807) is 0 Å². The van der Waals surface area contributed by atoms with Crippen molar-refractivity contribution in [1.29, 1.82) is 0 Å². The summed E-state index contributed by atoms with van der Waals surface area (Å²) in [5, 5.41) is 0. The normalized spacial score (nSPS) is 14.8. The quantitative estimate of drug-likeness (QED) is 0.576. The fourth-order valence-corrected chi connectivity index (χ4v) is 1.20. The molecule has 0 aromatic carbocycles. The lowest BCUT2D eigenvalue weighted by Crippen LogP contribution is -2.29. The Morgan fingerprint density at radius 1 is 1.33 bits per heavy atom. The molecular weight excluding hydrogens is 148 g/mol. The molecule has 0 saturated heterocycles. The van der Waals surface area contributed by atoms with Crippen LogP contribution in [0, 0.1) is 11.8 Å². The summed E-state index contributed by atoms with van der Waals surface area (Å²) in [6.45, 7) is 11.8. The maximum Gasteiger partial charge on any atom is 0.0652 e. The van der Waals surface area contributed by atoms with Crippen LogP contribution in [0.4, 0.5) is 0 Å². The second-order valence-electron chi connectivity index (χ2n) is 4.34. The predicted molar refractivity (Wildman–Crippen MR) is 54.1 cm³/mol. The van der Waals surface area contributed by atoms with Crippen molar-refractivity contribution in [2.24, 2.45) is 5.41 Å². The Kier molecular flexibility index (Phi) is 5.56. The maximum absolute atomic E-state index is 5.74. The van der Waals surface area contributed by atoms with Gasteiger partial charge in [0, 0.05) is 6.61 Å². The minimum absolute atomic E-state index is 0.239. The van der Waals surface area contributed by atoms with E-state index in [0.717, 1.165) is 6.61 Å². The molecule has 0 aliphatic rings. The van der Waals surface area contributed by atoms with Crippen LogP contribution in [0.3, 0.4) is 0 Å². The highest BCUT2D eigenvalue weighted by atomic mass is 16.5. The number of unbranched alkanes of at least 4 members (excludes halogenated alkanes) is 1. The van der Waals surface area contributed by atoms with Crippen LogP contribution in [0.5, 0.6) is 0 Å². The molecule has 0 aliphatic heterocycles. The van der Waals surface area contributed by atoms with E-state index in [2.05, 4.69) is 41.0 Å². The van der Waals surface area contributed by atoms with Crippen molar-refractivity contribution in [3.05, 3.63) is 6.42 Å². The molecule has 0 aliphatic carbocycles. The molecule has 1 radical (unpaired) electrons. The van der Waals surface area contributed by atoms with Gasteiger partial charge in [0.25, 0.3) is 0 Å². The van der Waals surface area contributed by atoms with E-state index in [0.29, 0.717) is 6.10 Å². The van der Waals surface area contributed by atoms with Crippen molar-refractivity contribution < 1.29 is 4.74 Å². The Morgan fingerprint density at radius 2 is 1.92 bits per heavy atom. The van der Waals surface area contributed by atoms with Crippen molar-refractivity contribution in [3.63, 3.8) is 0 Å². The molecule has 0 spiro atoms. The topological polar surface area (TPSA) is 9.23 Å². The summed E-state index contributed by atoms with van der Waals surface area (Å²) < 4.78 is 5.74. The zero-order valence-corrected chi connectivity index (χ0v) is 9.18. The molecule has 1 nitrogen and oxygen atoms in total. The predicted octanol–water partition coefficient (Wildman–Crippen LogP) is 3.44. The minimum atomic E-state index is 0.239. The third kappa shape index (κ3) is 4.76. The number of rotatable bonds is 5. The van der Waals surface area contributed by atoms with Gasteiger partial charge in [-0.2, -0.15) is 0 Å². The van der Waals surface area contributed by atoms with Crippen molar-refractivity contribution in [2.45, 2.75) is 53.6 Å². The van der Waals surface area contributed by atoms with Gasteiger partial charge in [0.15, 0.2) is 0 Å². The van der Waals surface area contributed by atoms with Crippen LogP contribution in [0.2, 0.25) is 0 Å². The molecule has 0 aromatic rings.